The zero-order valence-corrected chi connectivity index (χ0v) is 9.28. The molecule has 0 aliphatic carbocycles. The molecule has 0 aromatic rings. The third-order valence-corrected chi connectivity index (χ3v) is 3.42. The van der Waals surface area contributed by atoms with Crippen LogP contribution < -0.4 is 5.32 Å². The molecule has 0 fully saturated rings. The lowest BCUT2D eigenvalue weighted by atomic mass is 10.0. The first kappa shape index (κ1) is 11.7. The van der Waals surface area contributed by atoms with Gasteiger partial charge in [-0.3, -0.25) is 4.79 Å². The number of hydrogen-bond donors (Lipinski definition) is 1. The summed E-state index contributed by atoms with van der Waals surface area (Å²) in [6, 6.07) is 0. The molecule has 0 spiro atoms. The normalized spacial score (nSPS) is 10.9. The smallest absolute Gasteiger partial charge is 0.237 e. The highest BCUT2D eigenvalue weighted by Gasteiger charge is 2.30. The van der Waals surface area contributed by atoms with Crippen LogP contribution in [0.25, 0.3) is 0 Å². The molecule has 0 atom stereocenters. The van der Waals surface area contributed by atoms with Crippen molar-refractivity contribution >= 4 is 21.8 Å². The number of carbonyl (C=O) groups excluding carboxylic acids is 1. The summed E-state index contributed by atoms with van der Waals surface area (Å²) in [6.45, 7) is 8.05. The SMILES string of the molecule is C=CCNC(=O)C(Br)(CC)CC. The highest BCUT2D eigenvalue weighted by atomic mass is 79.9. The number of rotatable bonds is 5. The Morgan fingerprint density at radius 3 is 2.42 bits per heavy atom. The van der Waals surface area contributed by atoms with E-state index in [0.717, 1.165) is 12.8 Å². The summed E-state index contributed by atoms with van der Waals surface area (Å²) in [7, 11) is 0. The predicted molar refractivity (Wildman–Crippen MR) is 55.4 cm³/mol. The number of alkyl halides is 1. The lowest BCUT2D eigenvalue weighted by Gasteiger charge is -2.22. The van der Waals surface area contributed by atoms with Gasteiger partial charge in [0.2, 0.25) is 5.91 Å². The van der Waals surface area contributed by atoms with Gasteiger partial charge in [0.05, 0.1) is 0 Å². The van der Waals surface area contributed by atoms with Gasteiger partial charge < -0.3 is 5.32 Å². The number of nitrogens with one attached hydrogen (secondary N) is 1. The molecule has 0 radical (unpaired) electrons. The lowest BCUT2D eigenvalue weighted by Crippen LogP contribution is -2.41. The van der Waals surface area contributed by atoms with Gasteiger partial charge in [0.25, 0.3) is 0 Å². The first-order valence-electron chi connectivity index (χ1n) is 4.18. The highest BCUT2D eigenvalue weighted by Crippen LogP contribution is 2.26. The van der Waals surface area contributed by atoms with Crippen molar-refractivity contribution in [1.29, 1.82) is 0 Å². The standard InChI is InChI=1S/C9H16BrNO/c1-4-7-11-8(12)9(10,5-2)6-3/h4H,1,5-7H2,2-3H3,(H,11,12). The summed E-state index contributed by atoms with van der Waals surface area (Å²) in [6.07, 6.45) is 3.27. The van der Waals surface area contributed by atoms with E-state index in [1.165, 1.54) is 0 Å². The second-order valence-corrected chi connectivity index (χ2v) is 4.19. The number of hydrogen-bond acceptors (Lipinski definition) is 1. The maximum Gasteiger partial charge on any atom is 0.237 e. The fourth-order valence-corrected chi connectivity index (χ4v) is 1.03. The van der Waals surface area contributed by atoms with Gasteiger partial charge in [0, 0.05) is 6.54 Å². The first-order chi connectivity index (χ1) is 5.60. The molecule has 0 bridgehead atoms. The quantitative estimate of drug-likeness (QED) is 0.573. The molecule has 0 saturated heterocycles. The Morgan fingerprint density at radius 1 is 1.58 bits per heavy atom. The van der Waals surface area contributed by atoms with Gasteiger partial charge in [-0.25, -0.2) is 0 Å². The van der Waals surface area contributed by atoms with Crippen molar-refractivity contribution in [3.05, 3.63) is 12.7 Å². The van der Waals surface area contributed by atoms with Crippen LogP contribution in [0.5, 0.6) is 0 Å². The van der Waals surface area contributed by atoms with E-state index in [9.17, 15) is 4.79 Å². The van der Waals surface area contributed by atoms with Crippen LogP contribution in [0.2, 0.25) is 0 Å². The maximum absolute atomic E-state index is 11.5. The molecule has 0 aliphatic heterocycles. The molecule has 0 aromatic heterocycles. The van der Waals surface area contributed by atoms with Gasteiger partial charge in [-0.15, -0.1) is 6.58 Å². The van der Waals surface area contributed by atoms with Crippen LogP contribution >= 0.6 is 15.9 Å². The van der Waals surface area contributed by atoms with Crippen molar-refractivity contribution in [3.63, 3.8) is 0 Å². The Hall–Kier alpha value is -0.310. The molecule has 0 unspecified atom stereocenters. The van der Waals surface area contributed by atoms with Crippen LogP contribution in [-0.4, -0.2) is 16.8 Å². The lowest BCUT2D eigenvalue weighted by molar-refractivity contribution is -0.123. The van der Waals surface area contributed by atoms with Crippen LogP contribution in [0.3, 0.4) is 0 Å². The first-order valence-corrected chi connectivity index (χ1v) is 4.98. The van der Waals surface area contributed by atoms with Gasteiger partial charge >= 0.3 is 0 Å². The fourth-order valence-electron chi connectivity index (χ4n) is 0.894. The van der Waals surface area contributed by atoms with Crippen LogP contribution in [0.15, 0.2) is 12.7 Å². The van der Waals surface area contributed by atoms with Crippen molar-refractivity contribution in [3.8, 4) is 0 Å². The summed E-state index contributed by atoms with van der Waals surface area (Å²) in [5, 5.41) is 2.77. The van der Waals surface area contributed by atoms with E-state index in [0.29, 0.717) is 6.54 Å². The van der Waals surface area contributed by atoms with Crippen LogP contribution in [0.1, 0.15) is 26.7 Å². The maximum atomic E-state index is 11.5. The largest absolute Gasteiger partial charge is 0.351 e. The van der Waals surface area contributed by atoms with Gasteiger partial charge in [-0.05, 0) is 12.8 Å². The molecule has 3 heteroatoms. The summed E-state index contributed by atoms with van der Waals surface area (Å²) in [4.78, 5) is 11.5. The molecule has 70 valence electrons. The van der Waals surface area contributed by atoms with Crippen molar-refractivity contribution < 1.29 is 4.79 Å². The van der Waals surface area contributed by atoms with Crippen LogP contribution in [0.4, 0.5) is 0 Å². The van der Waals surface area contributed by atoms with Gasteiger partial charge in [-0.1, -0.05) is 35.9 Å². The Morgan fingerprint density at radius 2 is 2.08 bits per heavy atom. The van der Waals surface area contributed by atoms with Crippen molar-refractivity contribution in [1.82, 2.24) is 5.32 Å². The molecule has 12 heavy (non-hydrogen) atoms. The van der Waals surface area contributed by atoms with Crippen LogP contribution in [-0.2, 0) is 4.79 Å². The summed E-state index contributed by atoms with van der Waals surface area (Å²) >= 11 is 3.43. The van der Waals surface area contributed by atoms with Gasteiger partial charge in [0.15, 0.2) is 0 Å². The minimum atomic E-state index is -0.393. The molecule has 0 aliphatic rings. The highest BCUT2D eigenvalue weighted by molar-refractivity contribution is 9.10. The van der Waals surface area contributed by atoms with E-state index < -0.39 is 4.32 Å². The van der Waals surface area contributed by atoms with Crippen molar-refractivity contribution in [2.75, 3.05) is 6.54 Å². The van der Waals surface area contributed by atoms with E-state index in [4.69, 9.17) is 0 Å². The fraction of sp³-hybridized carbons (Fsp3) is 0.667. The monoisotopic (exact) mass is 233 g/mol. The molecule has 0 heterocycles. The molecule has 1 amide bonds. The Labute approximate surface area is 82.5 Å². The average Bonchev–Trinajstić information content (AvgIpc) is 2.12. The third-order valence-electron chi connectivity index (χ3n) is 1.93. The predicted octanol–water partition coefficient (Wildman–Crippen LogP) is 2.24. The van der Waals surface area contributed by atoms with E-state index in [1.54, 1.807) is 6.08 Å². The molecule has 2 nitrogen and oxygen atoms in total. The van der Waals surface area contributed by atoms with Crippen molar-refractivity contribution in [2.45, 2.75) is 31.0 Å². The Balaban J connectivity index is 4.11. The van der Waals surface area contributed by atoms with E-state index in [-0.39, 0.29) is 5.91 Å². The number of halogens is 1. The molecule has 1 N–H and O–H groups in total. The summed E-state index contributed by atoms with van der Waals surface area (Å²) in [5.74, 6) is 0.0485. The molecule has 0 aromatic carbocycles. The van der Waals surface area contributed by atoms with E-state index in [2.05, 4.69) is 27.8 Å². The Kier molecular flexibility index (Phi) is 5.22. The number of amides is 1. The third kappa shape index (κ3) is 2.97. The molecule has 0 saturated carbocycles. The second kappa shape index (κ2) is 5.36. The zero-order chi connectivity index (χ0) is 9.61. The topological polar surface area (TPSA) is 29.1 Å². The molecular weight excluding hydrogens is 218 g/mol. The summed E-state index contributed by atoms with van der Waals surface area (Å²) < 4.78 is -0.393. The van der Waals surface area contributed by atoms with Gasteiger partial charge in [-0.2, -0.15) is 0 Å². The van der Waals surface area contributed by atoms with Crippen LogP contribution in [0, 0.1) is 0 Å². The second-order valence-electron chi connectivity index (χ2n) is 2.67. The minimum absolute atomic E-state index is 0.0485. The number of carbonyl (C=O) groups is 1. The zero-order valence-electron chi connectivity index (χ0n) is 7.69. The van der Waals surface area contributed by atoms with Gasteiger partial charge in [0.1, 0.15) is 4.32 Å². The van der Waals surface area contributed by atoms with Crippen molar-refractivity contribution in [2.24, 2.45) is 0 Å². The van der Waals surface area contributed by atoms with E-state index >= 15 is 0 Å². The minimum Gasteiger partial charge on any atom is -0.351 e. The molecular formula is C9H16BrNO. The average molecular weight is 234 g/mol. The molecule has 0 rings (SSSR count). The Bertz CT molecular complexity index is 164. The van der Waals surface area contributed by atoms with E-state index in [1.807, 2.05) is 13.8 Å². The summed E-state index contributed by atoms with van der Waals surface area (Å²) in [5.41, 5.74) is 0.